The maximum atomic E-state index is 12.2. The number of fused-ring (bicyclic) bond motifs is 1. The lowest BCUT2D eigenvalue weighted by Gasteiger charge is -2.42. The van der Waals surface area contributed by atoms with Gasteiger partial charge in [-0.3, -0.25) is 4.90 Å². The Labute approximate surface area is 215 Å². The molecule has 5 nitrogen and oxygen atoms in total. The van der Waals surface area contributed by atoms with Crippen molar-refractivity contribution in [2.75, 3.05) is 13.1 Å². The fourth-order valence-corrected chi connectivity index (χ4v) is 6.62. The highest BCUT2D eigenvalue weighted by Crippen LogP contribution is 2.36. The second-order valence-corrected chi connectivity index (χ2v) is 11.3. The lowest BCUT2D eigenvalue weighted by atomic mass is 9.79. The van der Waals surface area contributed by atoms with Gasteiger partial charge in [0.2, 0.25) is 0 Å². The van der Waals surface area contributed by atoms with Crippen LogP contribution in [0, 0.1) is 11.8 Å². The zero-order chi connectivity index (χ0) is 25.1. The molecule has 0 spiro atoms. The van der Waals surface area contributed by atoms with Gasteiger partial charge in [0, 0.05) is 42.9 Å². The van der Waals surface area contributed by atoms with Gasteiger partial charge in [-0.1, -0.05) is 62.4 Å². The van der Waals surface area contributed by atoms with Gasteiger partial charge in [-0.25, -0.2) is 4.79 Å². The van der Waals surface area contributed by atoms with Crippen LogP contribution in [-0.2, 0) is 13.1 Å². The van der Waals surface area contributed by atoms with Crippen molar-refractivity contribution in [2.45, 2.75) is 77.5 Å². The Morgan fingerprint density at radius 2 is 1.56 bits per heavy atom. The summed E-state index contributed by atoms with van der Waals surface area (Å²) >= 11 is 0. The first-order valence-corrected chi connectivity index (χ1v) is 13.8. The first-order valence-electron chi connectivity index (χ1n) is 13.8. The molecule has 0 bridgehead atoms. The summed E-state index contributed by atoms with van der Waals surface area (Å²) in [6.07, 6.45) is 6.82. The highest BCUT2D eigenvalue weighted by molar-refractivity contribution is 5.81. The third kappa shape index (κ3) is 5.46. The molecule has 0 radical (unpaired) electrons. The number of carbonyl (C=O) groups is 1. The quantitative estimate of drug-likeness (QED) is 0.384. The lowest BCUT2D eigenvalue weighted by molar-refractivity contribution is 0.0882. The number of aromatic nitrogens is 1. The molecule has 2 fully saturated rings. The standard InChI is InChI=1S/C31H41N3O2/c1-23(2)25-12-14-27(15-13-25)32-18-16-28(17-19-32)34-29(20-26-10-6-7-11-30(26)34)22-33(31(35)36)21-24-8-4-3-5-9-24/h3-11,20,23,25,27-28H,12-19,21-22H2,1-2H3,(H,35,36). The van der Waals surface area contributed by atoms with Gasteiger partial charge in [-0.2, -0.15) is 0 Å². The average Bonchev–Trinajstić information content (AvgIpc) is 3.27. The fraction of sp³-hybridized carbons (Fsp3) is 0.516. The van der Waals surface area contributed by atoms with Gasteiger partial charge >= 0.3 is 6.09 Å². The minimum absolute atomic E-state index is 0.398. The number of amides is 1. The number of carboxylic acid groups (broad SMARTS) is 1. The monoisotopic (exact) mass is 487 g/mol. The van der Waals surface area contributed by atoms with Crippen molar-refractivity contribution in [3.8, 4) is 0 Å². The smallest absolute Gasteiger partial charge is 0.407 e. The van der Waals surface area contributed by atoms with E-state index < -0.39 is 6.09 Å². The predicted octanol–water partition coefficient (Wildman–Crippen LogP) is 7.17. The fourth-order valence-electron chi connectivity index (χ4n) is 6.62. The van der Waals surface area contributed by atoms with Crippen LogP contribution in [0.15, 0.2) is 60.7 Å². The van der Waals surface area contributed by atoms with E-state index in [2.05, 4.69) is 53.6 Å². The van der Waals surface area contributed by atoms with Gasteiger partial charge in [0.05, 0.1) is 6.54 Å². The zero-order valence-corrected chi connectivity index (χ0v) is 21.9. The maximum absolute atomic E-state index is 12.2. The molecule has 1 N–H and O–H groups in total. The Hall–Kier alpha value is -2.79. The van der Waals surface area contributed by atoms with Crippen molar-refractivity contribution in [2.24, 2.45) is 11.8 Å². The first kappa shape index (κ1) is 24.9. The van der Waals surface area contributed by atoms with Crippen molar-refractivity contribution in [3.63, 3.8) is 0 Å². The Balaban J connectivity index is 1.31. The summed E-state index contributed by atoms with van der Waals surface area (Å²) < 4.78 is 2.46. The van der Waals surface area contributed by atoms with Gasteiger partial charge in [0.15, 0.2) is 0 Å². The van der Waals surface area contributed by atoms with Crippen LogP contribution in [-0.4, -0.2) is 44.7 Å². The van der Waals surface area contributed by atoms with Crippen LogP contribution in [0.2, 0.25) is 0 Å². The van der Waals surface area contributed by atoms with E-state index in [9.17, 15) is 9.90 Å². The van der Waals surface area contributed by atoms with E-state index >= 15 is 0 Å². The average molecular weight is 488 g/mol. The molecule has 5 rings (SSSR count). The summed E-state index contributed by atoms with van der Waals surface area (Å²) in [6, 6.07) is 21.8. The number of rotatable bonds is 7. The molecule has 1 saturated carbocycles. The minimum Gasteiger partial charge on any atom is -0.465 e. The highest BCUT2D eigenvalue weighted by atomic mass is 16.4. The van der Waals surface area contributed by atoms with Crippen LogP contribution in [0.4, 0.5) is 4.79 Å². The number of hydrogen-bond acceptors (Lipinski definition) is 2. The van der Waals surface area contributed by atoms with Crippen molar-refractivity contribution in [1.82, 2.24) is 14.4 Å². The van der Waals surface area contributed by atoms with E-state index in [1.54, 1.807) is 4.90 Å². The molecule has 2 aliphatic rings. The Bertz CT molecular complexity index is 1140. The van der Waals surface area contributed by atoms with Gasteiger partial charge in [-0.15, -0.1) is 0 Å². The van der Waals surface area contributed by atoms with Crippen LogP contribution in [0.3, 0.4) is 0 Å². The van der Waals surface area contributed by atoms with E-state index in [1.807, 2.05) is 30.3 Å². The summed E-state index contributed by atoms with van der Waals surface area (Å²) in [5.41, 5.74) is 3.35. The SMILES string of the molecule is CC(C)C1CCC(N2CCC(n3c(CN(Cc4ccccc4)C(=O)O)cc4ccccc43)CC2)CC1. The topological polar surface area (TPSA) is 48.7 Å². The number of likely N-dealkylation sites (tertiary alicyclic amines) is 1. The van der Waals surface area contributed by atoms with Gasteiger partial charge in [0.1, 0.15) is 0 Å². The van der Waals surface area contributed by atoms with Crippen LogP contribution >= 0.6 is 0 Å². The van der Waals surface area contributed by atoms with Gasteiger partial charge < -0.3 is 14.6 Å². The van der Waals surface area contributed by atoms with E-state index in [1.165, 1.54) is 36.6 Å². The van der Waals surface area contributed by atoms with Crippen molar-refractivity contribution < 1.29 is 9.90 Å². The lowest BCUT2D eigenvalue weighted by Crippen LogP contribution is -2.44. The third-order valence-electron chi connectivity index (χ3n) is 8.73. The maximum Gasteiger partial charge on any atom is 0.407 e. The number of benzene rings is 2. The van der Waals surface area contributed by atoms with E-state index in [0.29, 0.717) is 19.1 Å². The third-order valence-corrected chi connectivity index (χ3v) is 8.73. The summed E-state index contributed by atoms with van der Waals surface area (Å²) in [4.78, 5) is 16.5. The zero-order valence-electron chi connectivity index (χ0n) is 21.9. The summed E-state index contributed by atoms with van der Waals surface area (Å²) in [6.45, 7) is 7.83. The number of piperidine rings is 1. The van der Waals surface area contributed by atoms with Gasteiger partial charge in [0.25, 0.3) is 0 Å². The number of hydrogen-bond donors (Lipinski definition) is 1. The van der Waals surface area contributed by atoms with E-state index in [0.717, 1.165) is 55.1 Å². The van der Waals surface area contributed by atoms with Crippen molar-refractivity contribution in [3.05, 3.63) is 71.9 Å². The van der Waals surface area contributed by atoms with Crippen LogP contribution in [0.5, 0.6) is 0 Å². The molecular formula is C31H41N3O2. The molecule has 2 aromatic carbocycles. The largest absolute Gasteiger partial charge is 0.465 e. The van der Waals surface area contributed by atoms with E-state index in [-0.39, 0.29) is 0 Å². The predicted molar refractivity (Wildman–Crippen MR) is 146 cm³/mol. The second-order valence-electron chi connectivity index (χ2n) is 11.3. The Morgan fingerprint density at radius 3 is 2.22 bits per heavy atom. The molecule has 192 valence electrons. The first-order chi connectivity index (χ1) is 17.5. The molecular weight excluding hydrogens is 446 g/mol. The molecule has 0 atom stereocenters. The molecule has 2 heterocycles. The Morgan fingerprint density at radius 1 is 0.889 bits per heavy atom. The molecule has 1 aliphatic carbocycles. The molecule has 1 saturated heterocycles. The second kappa shape index (κ2) is 11.1. The summed E-state index contributed by atoms with van der Waals surface area (Å²) in [5, 5.41) is 11.2. The van der Waals surface area contributed by atoms with Gasteiger partial charge in [-0.05, 0) is 73.4 Å². The van der Waals surface area contributed by atoms with Crippen LogP contribution in [0.1, 0.15) is 69.7 Å². The summed E-state index contributed by atoms with van der Waals surface area (Å²) in [7, 11) is 0. The molecule has 1 aromatic heterocycles. The molecule has 3 aromatic rings. The van der Waals surface area contributed by atoms with Crippen molar-refractivity contribution >= 4 is 17.0 Å². The molecule has 5 heteroatoms. The normalized spacial score (nSPS) is 21.8. The van der Waals surface area contributed by atoms with E-state index in [4.69, 9.17) is 0 Å². The highest BCUT2D eigenvalue weighted by Gasteiger charge is 2.31. The molecule has 1 amide bonds. The van der Waals surface area contributed by atoms with Crippen molar-refractivity contribution in [1.29, 1.82) is 0 Å². The minimum atomic E-state index is -0.873. The van der Waals surface area contributed by atoms with Crippen LogP contribution in [0.25, 0.3) is 10.9 Å². The van der Waals surface area contributed by atoms with Crippen LogP contribution < -0.4 is 0 Å². The molecule has 36 heavy (non-hydrogen) atoms. The summed E-state index contributed by atoms with van der Waals surface area (Å²) in [5.74, 6) is 1.71. The Kier molecular flexibility index (Phi) is 7.66. The number of nitrogens with zero attached hydrogens (tertiary/aromatic N) is 3. The number of para-hydroxylation sites is 1. The molecule has 0 unspecified atom stereocenters. The molecule has 1 aliphatic heterocycles.